The monoisotopic (exact) mass is 320 g/mol. The van der Waals surface area contributed by atoms with E-state index in [9.17, 15) is 14.4 Å². The molecule has 1 N–H and O–H groups in total. The van der Waals surface area contributed by atoms with Gasteiger partial charge in [0.25, 0.3) is 11.7 Å². The van der Waals surface area contributed by atoms with Crippen molar-refractivity contribution in [1.82, 2.24) is 5.32 Å². The van der Waals surface area contributed by atoms with Crippen LogP contribution in [0.2, 0.25) is 0 Å². The van der Waals surface area contributed by atoms with Crippen LogP contribution < -0.4 is 10.2 Å². The van der Waals surface area contributed by atoms with Crippen molar-refractivity contribution < 1.29 is 14.4 Å². The number of rotatable bonds is 3. The number of carbonyl (C=O) groups excluding carboxylic acids is 3. The lowest BCUT2D eigenvalue weighted by atomic mass is 10.1. The van der Waals surface area contributed by atoms with Crippen molar-refractivity contribution in [3.8, 4) is 12.3 Å². The maximum Gasteiger partial charge on any atom is 0.299 e. The second kappa shape index (κ2) is 5.24. The summed E-state index contributed by atoms with van der Waals surface area (Å²) in [7, 11) is 0. The van der Waals surface area contributed by atoms with Crippen LogP contribution in [-0.2, 0) is 9.59 Å². The number of Topliss-reactive ketones (excluding diaryl/α,β-unsaturated/α-hetero) is 1. The molecule has 1 heterocycles. The van der Waals surface area contributed by atoms with Crippen LogP contribution in [0.3, 0.4) is 0 Å². The van der Waals surface area contributed by atoms with Crippen LogP contribution in [0.25, 0.3) is 0 Å². The summed E-state index contributed by atoms with van der Waals surface area (Å²) in [5.74, 6) is 0.543. The van der Waals surface area contributed by atoms with Gasteiger partial charge in [-0.15, -0.1) is 6.42 Å². The number of halogens is 1. The Kier molecular flexibility index (Phi) is 3.67. The van der Waals surface area contributed by atoms with Gasteiger partial charge in [0.15, 0.2) is 0 Å². The molecule has 5 nitrogen and oxygen atoms in total. The first-order valence-electron chi connectivity index (χ1n) is 5.40. The molecular formula is C13H9BrN2O3. The summed E-state index contributed by atoms with van der Waals surface area (Å²) in [6, 6.07) is 4.86. The molecule has 19 heavy (non-hydrogen) atoms. The number of benzene rings is 1. The third-order valence-corrected chi connectivity index (χ3v) is 3.12. The number of amides is 2. The number of hydrogen-bond donors (Lipinski definition) is 1. The molecule has 2 amide bonds. The smallest absolute Gasteiger partial charge is 0.299 e. The van der Waals surface area contributed by atoms with Gasteiger partial charge in [-0.05, 0) is 18.2 Å². The fourth-order valence-corrected chi connectivity index (χ4v) is 2.12. The molecule has 0 saturated carbocycles. The third-order valence-electron chi connectivity index (χ3n) is 2.62. The van der Waals surface area contributed by atoms with Gasteiger partial charge in [0.1, 0.15) is 6.54 Å². The molecule has 0 radical (unpaired) electrons. The van der Waals surface area contributed by atoms with E-state index in [1.807, 2.05) is 0 Å². The third kappa shape index (κ3) is 2.51. The summed E-state index contributed by atoms with van der Waals surface area (Å²) in [6.45, 7) is -0.143. The zero-order valence-electron chi connectivity index (χ0n) is 9.77. The van der Waals surface area contributed by atoms with Crippen LogP contribution in [0.4, 0.5) is 5.69 Å². The normalized spacial score (nSPS) is 13.2. The van der Waals surface area contributed by atoms with E-state index < -0.39 is 17.6 Å². The number of nitrogens with zero attached hydrogens (tertiary/aromatic N) is 1. The maximum atomic E-state index is 11.8. The Labute approximate surface area is 118 Å². The van der Waals surface area contributed by atoms with E-state index in [4.69, 9.17) is 6.42 Å². The molecule has 0 aromatic heterocycles. The van der Waals surface area contributed by atoms with Crippen molar-refractivity contribution in [2.24, 2.45) is 0 Å². The zero-order chi connectivity index (χ0) is 14.0. The van der Waals surface area contributed by atoms with Crippen molar-refractivity contribution in [2.45, 2.75) is 0 Å². The Hall–Kier alpha value is -2.13. The molecule has 96 valence electrons. The molecule has 0 bridgehead atoms. The molecule has 0 atom stereocenters. The van der Waals surface area contributed by atoms with Crippen LogP contribution in [0, 0.1) is 12.3 Å². The van der Waals surface area contributed by atoms with Gasteiger partial charge in [-0.25, -0.2) is 0 Å². The van der Waals surface area contributed by atoms with Crippen LogP contribution in [0.15, 0.2) is 22.7 Å². The van der Waals surface area contributed by atoms with Gasteiger partial charge >= 0.3 is 0 Å². The van der Waals surface area contributed by atoms with Gasteiger partial charge < -0.3 is 5.32 Å². The summed E-state index contributed by atoms with van der Waals surface area (Å²) in [5.41, 5.74) is 0.734. The number of fused-ring (bicyclic) bond motifs is 1. The fraction of sp³-hybridized carbons (Fsp3) is 0.154. The average molecular weight is 321 g/mol. The summed E-state index contributed by atoms with van der Waals surface area (Å²) in [5, 5.41) is 2.45. The molecule has 0 spiro atoms. The predicted octanol–water partition coefficient (Wildman–Crippen LogP) is 0.728. The molecule has 0 unspecified atom stereocenters. The minimum atomic E-state index is -0.705. The molecule has 2 rings (SSSR count). The maximum absolute atomic E-state index is 11.8. The Morgan fingerprint density at radius 2 is 2.16 bits per heavy atom. The van der Waals surface area contributed by atoms with Crippen molar-refractivity contribution in [3.05, 3.63) is 28.2 Å². The van der Waals surface area contributed by atoms with Crippen molar-refractivity contribution in [2.75, 3.05) is 18.0 Å². The number of hydrogen-bond acceptors (Lipinski definition) is 3. The lowest BCUT2D eigenvalue weighted by Gasteiger charge is -2.15. The highest BCUT2D eigenvalue weighted by Gasteiger charge is 2.36. The van der Waals surface area contributed by atoms with Crippen molar-refractivity contribution >= 4 is 39.2 Å². The standard InChI is InChI=1S/C13H9BrN2O3/c1-2-5-15-11(17)7-16-10-6-8(14)3-4-9(10)12(18)13(16)19/h1,3-4,6H,5,7H2,(H,15,17). The van der Waals surface area contributed by atoms with Gasteiger partial charge in [0, 0.05) is 4.47 Å². The van der Waals surface area contributed by atoms with Crippen LogP contribution >= 0.6 is 15.9 Å². The predicted molar refractivity (Wildman–Crippen MR) is 72.7 cm³/mol. The quantitative estimate of drug-likeness (QED) is 0.659. The fourth-order valence-electron chi connectivity index (χ4n) is 1.77. The van der Waals surface area contributed by atoms with Gasteiger partial charge in [0.05, 0.1) is 17.8 Å². The summed E-state index contributed by atoms with van der Waals surface area (Å²) >= 11 is 3.26. The molecule has 0 fully saturated rings. The zero-order valence-corrected chi connectivity index (χ0v) is 11.4. The molecule has 0 aliphatic carbocycles. The van der Waals surface area contributed by atoms with Gasteiger partial charge in [-0.2, -0.15) is 0 Å². The minimum Gasteiger partial charge on any atom is -0.344 e. The highest BCUT2D eigenvalue weighted by molar-refractivity contribution is 9.10. The Morgan fingerprint density at radius 3 is 2.84 bits per heavy atom. The van der Waals surface area contributed by atoms with Crippen molar-refractivity contribution in [1.29, 1.82) is 0 Å². The number of anilines is 1. The number of carbonyl (C=O) groups is 3. The summed E-state index contributed by atoms with van der Waals surface area (Å²) in [6.07, 6.45) is 5.03. The lowest BCUT2D eigenvalue weighted by Crippen LogP contribution is -2.40. The SMILES string of the molecule is C#CCNC(=O)CN1C(=O)C(=O)c2ccc(Br)cc21. The Balaban J connectivity index is 2.26. The summed E-state index contributed by atoms with van der Waals surface area (Å²) in [4.78, 5) is 36.3. The number of ketones is 1. The molecule has 0 saturated heterocycles. The van der Waals surface area contributed by atoms with Crippen LogP contribution in [-0.4, -0.2) is 30.7 Å². The van der Waals surface area contributed by atoms with E-state index in [1.54, 1.807) is 18.2 Å². The molecule has 6 heteroatoms. The first kappa shape index (κ1) is 13.3. The number of nitrogens with one attached hydrogen (secondary N) is 1. The van der Waals surface area contributed by atoms with E-state index in [0.717, 1.165) is 9.37 Å². The van der Waals surface area contributed by atoms with E-state index in [2.05, 4.69) is 27.2 Å². The van der Waals surface area contributed by atoms with Crippen LogP contribution in [0.1, 0.15) is 10.4 Å². The topological polar surface area (TPSA) is 66.5 Å². The molecule has 1 aliphatic heterocycles. The molecule has 1 aromatic carbocycles. The van der Waals surface area contributed by atoms with Gasteiger partial charge in [0.2, 0.25) is 5.91 Å². The van der Waals surface area contributed by atoms with E-state index >= 15 is 0 Å². The van der Waals surface area contributed by atoms with E-state index in [0.29, 0.717) is 11.3 Å². The van der Waals surface area contributed by atoms with Gasteiger partial charge in [-0.3, -0.25) is 19.3 Å². The van der Waals surface area contributed by atoms with E-state index in [-0.39, 0.29) is 13.1 Å². The largest absolute Gasteiger partial charge is 0.344 e. The summed E-state index contributed by atoms with van der Waals surface area (Å²) < 4.78 is 0.725. The average Bonchev–Trinajstić information content (AvgIpc) is 2.61. The Morgan fingerprint density at radius 1 is 1.42 bits per heavy atom. The van der Waals surface area contributed by atoms with E-state index in [1.165, 1.54) is 0 Å². The van der Waals surface area contributed by atoms with Crippen molar-refractivity contribution in [3.63, 3.8) is 0 Å². The second-order valence-electron chi connectivity index (χ2n) is 3.86. The number of terminal acetylenes is 1. The Bertz CT molecular complexity index is 619. The van der Waals surface area contributed by atoms with Gasteiger partial charge in [-0.1, -0.05) is 21.9 Å². The highest BCUT2D eigenvalue weighted by Crippen LogP contribution is 2.31. The molecule has 1 aromatic rings. The van der Waals surface area contributed by atoms with Crippen LogP contribution in [0.5, 0.6) is 0 Å². The molecule has 1 aliphatic rings. The minimum absolute atomic E-state index is 0.0835. The molecular weight excluding hydrogens is 312 g/mol. The first-order valence-corrected chi connectivity index (χ1v) is 6.20. The lowest BCUT2D eigenvalue weighted by molar-refractivity contribution is -0.121. The first-order chi connectivity index (χ1) is 9.04. The second-order valence-corrected chi connectivity index (χ2v) is 4.78. The highest BCUT2D eigenvalue weighted by atomic mass is 79.9.